The fraction of sp³-hybridized carbons (Fsp3) is 0.286. The van der Waals surface area contributed by atoms with Crippen LogP contribution >= 0.6 is 22.9 Å². The fourth-order valence-corrected chi connectivity index (χ4v) is 2.92. The monoisotopic (exact) mass is 364 g/mol. The van der Waals surface area contributed by atoms with E-state index in [1.54, 1.807) is 0 Å². The predicted molar refractivity (Wildman–Crippen MR) is 82.8 cm³/mol. The van der Waals surface area contributed by atoms with Crippen LogP contribution in [-0.2, 0) is 12.6 Å². The number of nitrogens with one attached hydrogen (secondary N) is 1. The Labute approximate surface area is 138 Å². The van der Waals surface area contributed by atoms with Gasteiger partial charge in [-0.1, -0.05) is 36.3 Å². The number of aromatic carboxylic acids is 1. The zero-order valence-corrected chi connectivity index (χ0v) is 13.4. The number of hydrogen-bond acceptors (Lipinski definition) is 4. The van der Waals surface area contributed by atoms with Gasteiger partial charge in [-0.15, -0.1) is 0 Å². The second-order valence-electron chi connectivity index (χ2n) is 4.67. The number of carboxylic acid groups (broad SMARTS) is 1. The molecule has 0 bridgehead atoms. The molecule has 0 saturated heterocycles. The van der Waals surface area contributed by atoms with Crippen LogP contribution in [0.2, 0.25) is 5.02 Å². The summed E-state index contributed by atoms with van der Waals surface area (Å²) in [7, 11) is 0. The van der Waals surface area contributed by atoms with Gasteiger partial charge in [-0.3, -0.25) is 0 Å². The van der Waals surface area contributed by atoms with Crippen molar-refractivity contribution in [2.24, 2.45) is 0 Å². The second kappa shape index (κ2) is 6.76. The number of aromatic nitrogens is 1. The van der Waals surface area contributed by atoms with Crippen molar-refractivity contribution in [1.29, 1.82) is 0 Å². The molecule has 0 radical (unpaired) electrons. The van der Waals surface area contributed by atoms with Gasteiger partial charge in [-0.2, -0.15) is 13.2 Å². The summed E-state index contributed by atoms with van der Waals surface area (Å²) >= 11 is 6.76. The lowest BCUT2D eigenvalue weighted by Crippen LogP contribution is -2.05. The first-order valence-corrected chi connectivity index (χ1v) is 7.78. The number of aryl methyl sites for hydroxylation is 1. The quantitative estimate of drug-likeness (QED) is 0.764. The highest BCUT2D eigenvalue weighted by molar-refractivity contribution is 7.17. The van der Waals surface area contributed by atoms with Crippen molar-refractivity contribution < 1.29 is 23.1 Å². The van der Waals surface area contributed by atoms with Crippen LogP contribution in [0, 0.1) is 0 Å². The van der Waals surface area contributed by atoms with Gasteiger partial charge in [0.2, 0.25) is 0 Å². The van der Waals surface area contributed by atoms with Crippen LogP contribution in [-0.4, -0.2) is 16.1 Å². The van der Waals surface area contributed by atoms with Crippen LogP contribution in [0.25, 0.3) is 0 Å². The highest BCUT2D eigenvalue weighted by atomic mass is 35.5. The molecule has 0 spiro atoms. The van der Waals surface area contributed by atoms with Gasteiger partial charge in [0.05, 0.1) is 22.0 Å². The number of nitrogens with zero attached hydrogens (tertiary/aromatic N) is 1. The highest BCUT2D eigenvalue weighted by Crippen LogP contribution is 2.36. The van der Waals surface area contributed by atoms with Crippen LogP contribution in [0.1, 0.15) is 34.3 Å². The maximum atomic E-state index is 12.8. The number of thiazole rings is 1. The molecular weight excluding hydrogens is 353 g/mol. The Bertz CT molecular complexity index is 731. The van der Waals surface area contributed by atoms with Crippen molar-refractivity contribution in [2.75, 3.05) is 5.32 Å². The van der Waals surface area contributed by atoms with E-state index < -0.39 is 17.7 Å². The number of hydrogen-bond donors (Lipinski definition) is 2. The lowest BCUT2D eigenvalue weighted by atomic mass is 10.2. The second-order valence-corrected chi connectivity index (χ2v) is 6.07. The predicted octanol–water partition coefficient (Wildman–Crippen LogP) is 5.21. The van der Waals surface area contributed by atoms with Crippen LogP contribution in [0.5, 0.6) is 0 Å². The van der Waals surface area contributed by atoms with Crippen molar-refractivity contribution >= 4 is 39.7 Å². The number of alkyl halides is 3. The van der Waals surface area contributed by atoms with Crippen LogP contribution in [0.15, 0.2) is 18.2 Å². The molecule has 0 atom stereocenters. The van der Waals surface area contributed by atoms with Crippen LogP contribution < -0.4 is 5.32 Å². The Morgan fingerprint density at radius 3 is 2.70 bits per heavy atom. The minimum absolute atomic E-state index is 0.0234. The Balaban J connectivity index is 2.35. The van der Waals surface area contributed by atoms with Gasteiger partial charge >= 0.3 is 12.1 Å². The van der Waals surface area contributed by atoms with Gasteiger partial charge in [0.1, 0.15) is 4.88 Å². The average molecular weight is 365 g/mol. The third-order valence-electron chi connectivity index (χ3n) is 2.91. The van der Waals surface area contributed by atoms with Crippen molar-refractivity contribution in [3.05, 3.63) is 39.4 Å². The third-order valence-corrected chi connectivity index (χ3v) is 4.24. The van der Waals surface area contributed by atoms with Crippen molar-refractivity contribution in [3.63, 3.8) is 0 Å². The van der Waals surface area contributed by atoms with E-state index in [2.05, 4.69) is 10.3 Å². The molecule has 1 aromatic heterocycles. The summed E-state index contributed by atoms with van der Waals surface area (Å²) in [5.74, 6) is -1.12. The van der Waals surface area contributed by atoms with E-state index >= 15 is 0 Å². The van der Waals surface area contributed by atoms with E-state index in [0.29, 0.717) is 18.5 Å². The molecular formula is C14H12ClF3N2O2S. The summed E-state index contributed by atoms with van der Waals surface area (Å²) in [6.45, 7) is 1.88. The Morgan fingerprint density at radius 1 is 1.43 bits per heavy atom. The highest BCUT2D eigenvalue weighted by Gasteiger charge is 2.31. The zero-order valence-electron chi connectivity index (χ0n) is 11.9. The van der Waals surface area contributed by atoms with Gasteiger partial charge < -0.3 is 10.4 Å². The first-order chi connectivity index (χ1) is 10.7. The smallest absolute Gasteiger partial charge is 0.416 e. The summed E-state index contributed by atoms with van der Waals surface area (Å²) in [5.41, 5.74) is -0.431. The molecule has 124 valence electrons. The summed E-state index contributed by atoms with van der Waals surface area (Å²) in [6, 6.07) is 2.87. The Hall–Kier alpha value is -1.80. The number of benzene rings is 1. The van der Waals surface area contributed by atoms with Gasteiger partial charge in [-0.05, 0) is 24.6 Å². The maximum Gasteiger partial charge on any atom is 0.416 e. The standard InChI is InChI=1S/C14H12ClF3N2O2S/c1-2-3-9-11(12(21)22)23-13(19-9)20-10-6-7(14(16,17)18)4-5-8(10)15/h4-6H,2-3H2,1H3,(H,19,20)(H,21,22). The molecule has 1 heterocycles. The molecule has 2 N–H and O–H groups in total. The van der Waals surface area contributed by atoms with Gasteiger partial charge in [-0.25, -0.2) is 9.78 Å². The lowest BCUT2D eigenvalue weighted by Gasteiger charge is -2.10. The SMILES string of the molecule is CCCc1nc(Nc2cc(C(F)(F)F)ccc2Cl)sc1C(=O)O. The molecule has 0 aliphatic rings. The average Bonchev–Trinajstić information content (AvgIpc) is 2.83. The zero-order chi connectivity index (χ0) is 17.2. The Kier molecular flexibility index (Phi) is 5.16. The summed E-state index contributed by atoms with van der Waals surface area (Å²) < 4.78 is 38.3. The largest absolute Gasteiger partial charge is 0.477 e. The fourth-order valence-electron chi connectivity index (χ4n) is 1.89. The molecule has 0 aliphatic carbocycles. The molecule has 2 rings (SSSR count). The van der Waals surface area contributed by atoms with E-state index in [1.807, 2.05) is 6.92 Å². The van der Waals surface area contributed by atoms with Gasteiger partial charge in [0.15, 0.2) is 5.13 Å². The number of anilines is 2. The molecule has 23 heavy (non-hydrogen) atoms. The lowest BCUT2D eigenvalue weighted by molar-refractivity contribution is -0.137. The molecule has 0 saturated carbocycles. The van der Waals surface area contributed by atoms with Gasteiger partial charge in [0, 0.05) is 0 Å². The van der Waals surface area contributed by atoms with Crippen molar-refractivity contribution in [2.45, 2.75) is 25.9 Å². The first kappa shape index (κ1) is 17.6. The maximum absolute atomic E-state index is 12.8. The molecule has 0 amide bonds. The number of halogens is 4. The van der Waals surface area contributed by atoms with Gasteiger partial charge in [0.25, 0.3) is 0 Å². The first-order valence-electron chi connectivity index (χ1n) is 6.59. The number of rotatable bonds is 5. The van der Waals surface area contributed by atoms with Crippen LogP contribution in [0.3, 0.4) is 0 Å². The van der Waals surface area contributed by atoms with E-state index in [9.17, 15) is 18.0 Å². The molecule has 1 aromatic carbocycles. The minimum atomic E-state index is -4.50. The van der Waals surface area contributed by atoms with E-state index in [1.165, 1.54) is 0 Å². The molecule has 2 aromatic rings. The third kappa shape index (κ3) is 4.14. The van der Waals surface area contributed by atoms with E-state index in [0.717, 1.165) is 29.5 Å². The number of carboxylic acids is 1. The van der Waals surface area contributed by atoms with E-state index in [4.69, 9.17) is 16.7 Å². The number of carbonyl (C=O) groups is 1. The minimum Gasteiger partial charge on any atom is -0.477 e. The van der Waals surface area contributed by atoms with Crippen LogP contribution in [0.4, 0.5) is 24.0 Å². The molecule has 0 aliphatic heterocycles. The summed E-state index contributed by atoms with van der Waals surface area (Å²) in [4.78, 5) is 15.4. The summed E-state index contributed by atoms with van der Waals surface area (Å²) in [5, 5.41) is 12.1. The topological polar surface area (TPSA) is 62.2 Å². The molecule has 9 heteroatoms. The Morgan fingerprint density at radius 2 is 2.13 bits per heavy atom. The van der Waals surface area contributed by atoms with E-state index in [-0.39, 0.29) is 20.7 Å². The normalized spacial score (nSPS) is 11.5. The summed E-state index contributed by atoms with van der Waals surface area (Å²) in [6.07, 6.45) is -3.33. The molecule has 4 nitrogen and oxygen atoms in total. The van der Waals surface area contributed by atoms with Crippen molar-refractivity contribution in [1.82, 2.24) is 4.98 Å². The molecule has 0 unspecified atom stereocenters. The van der Waals surface area contributed by atoms with Crippen molar-refractivity contribution in [3.8, 4) is 0 Å². The molecule has 0 fully saturated rings.